The fraction of sp³-hybridized carbons (Fsp3) is 0.182. The van der Waals surface area contributed by atoms with Crippen LogP contribution in [-0.2, 0) is 13.0 Å². The van der Waals surface area contributed by atoms with Crippen LogP contribution in [0.1, 0.15) is 34.0 Å². The highest BCUT2D eigenvalue weighted by atomic mass is 16.5. The largest absolute Gasteiger partial charge is 0.489 e. The predicted octanol–water partition coefficient (Wildman–Crippen LogP) is 4.30. The number of ether oxygens (including phenoxy) is 1. The summed E-state index contributed by atoms with van der Waals surface area (Å²) < 4.78 is 5.91. The third-order valence-corrected chi connectivity index (χ3v) is 4.32. The smallest absolute Gasteiger partial charge is 0.248 e. The molecule has 0 fully saturated rings. The number of benzene rings is 2. The van der Waals surface area contributed by atoms with Crippen molar-refractivity contribution in [3.63, 3.8) is 0 Å². The number of carbonyl (C=O) groups excluding carboxylic acids is 1. The Balaban J connectivity index is 1.78. The lowest BCUT2D eigenvalue weighted by Crippen LogP contribution is -2.12. The monoisotopic (exact) mass is 346 g/mol. The van der Waals surface area contributed by atoms with E-state index in [1.165, 1.54) is 5.56 Å². The first-order valence-electron chi connectivity index (χ1n) is 8.64. The highest BCUT2D eigenvalue weighted by Crippen LogP contribution is 2.22. The summed E-state index contributed by atoms with van der Waals surface area (Å²) in [5.41, 5.74) is 10.8. The maximum atomic E-state index is 11.4. The molecule has 26 heavy (non-hydrogen) atoms. The standard InChI is InChI=1S/C22H22N2O2/c1-3-16-5-4-6-19(12-16)26-14-17-9-10-24-21(13-17)18-7-8-20(22(23)25)15(2)11-18/h4-13H,3,14H2,1-2H3,(H2,23,25). The first-order valence-corrected chi connectivity index (χ1v) is 8.64. The van der Waals surface area contributed by atoms with Gasteiger partial charge in [0.2, 0.25) is 5.91 Å². The minimum absolute atomic E-state index is 0.418. The number of carbonyl (C=O) groups is 1. The molecule has 2 aromatic carbocycles. The summed E-state index contributed by atoms with van der Waals surface area (Å²) in [4.78, 5) is 15.8. The van der Waals surface area contributed by atoms with E-state index in [1.54, 1.807) is 12.3 Å². The van der Waals surface area contributed by atoms with Crippen molar-refractivity contribution < 1.29 is 9.53 Å². The molecule has 0 spiro atoms. The molecule has 0 aliphatic carbocycles. The summed E-state index contributed by atoms with van der Waals surface area (Å²) in [7, 11) is 0. The van der Waals surface area contributed by atoms with E-state index in [0.717, 1.165) is 34.6 Å². The number of hydrogen-bond acceptors (Lipinski definition) is 3. The van der Waals surface area contributed by atoms with Crippen molar-refractivity contribution in [3.05, 3.63) is 83.0 Å². The molecule has 0 aliphatic heterocycles. The third kappa shape index (κ3) is 4.09. The van der Waals surface area contributed by atoms with Crippen LogP contribution in [0.4, 0.5) is 0 Å². The van der Waals surface area contributed by atoms with Gasteiger partial charge in [0.05, 0.1) is 5.69 Å². The van der Waals surface area contributed by atoms with Gasteiger partial charge in [-0.05, 0) is 66.4 Å². The zero-order valence-electron chi connectivity index (χ0n) is 15.0. The van der Waals surface area contributed by atoms with Crippen LogP contribution in [-0.4, -0.2) is 10.9 Å². The highest BCUT2D eigenvalue weighted by molar-refractivity contribution is 5.94. The molecule has 3 rings (SSSR count). The third-order valence-electron chi connectivity index (χ3n) is 4.32. The van der Waals surface area contributed by atoms with Gasteiger partial charge >= 0.3 is 0 Å². The Morgan fingerprint density at radius 2 is 1.92 bits per heavy atom. The molecule has 132 valence electrons. The summed E-state index contributed by atoms with van der Waals surface area (Å²) in [6.45, 7) is 4.47. The second-order valence-electron chi connectivity index (χ2n) is 6.23. The molecule has 1 amide bonds. The Bertz CT molecular complexity index is 935. The van der Waals surface area contributed by atoms with Crippen LogP contribution < -0.4 is 10.5 Å². The molecule has 4 nitrogen and oxygen atoms in total. The molecule has 3 aromatic rings. The van der Waals surface area contributed by atoms with Gasteiger partial charge in [-0.15, -0.1) is 0 Å². The fourth-order valence-electron chi connectivity index (χ4n) is 2.84. The normalized spacial score (nSPS) is 10.5. The minimum Gasteiger partial charge on any atom is -0.489 e. The average Bonchev–Trinajstić information content (AvgIpc) is 2.66. The number of rotatable bonds is 6. The lowest BCUT2D eigenvalue weighted by molar-refractivity contribution is 0.0999. The van der Waals surface area contributed by atoms with E-state index in [2.05, 4.69) is 24.0 Å². The van der Waals surface area contributed by atoms with Gasteiger partial charge in [-0.2, -0.15) is 0 Å². The van der Waals surface area contributed by atoms with E-state index in [-0.39, 0.29) is 0 Å². The quantitative estimate of drug-likeness (QED) is 0.724. The maximum Gasteiger partial charge on any atom is 0.248 e. The van der Waals surface area contributed by atoms with Crippen LogP contribution in [0.3, 0.4) is 0 Å². The van der Waals surface area contributed by atoms with Crippen molar-refractivity contribution in [1.29, 1.82) is 0 Å². The van der Waals surface area contributed by atoms with Gasteiger partial charge in [0, 0.05) is 17.3 Å². The molecule has 4 heteroatoms. The molecule has 0 aliphatic rings. The number of aryl methyl sites for hydroxylation is 2. The Morgan fingerprint density at radius 1 is 1.08 bits per heavy atom. The molecule has 2 N–H and O–H groups in total. The topological polar surface area (TPSA) is 65.2 Å². The number of hydrogen-bond donors (Lipinski definition) is 1. The van der Waals surface area contributed by atoms with Gasteiger partial charge in [0.25, 0.3) is 0 Å². The van der Waals surface area contributed by atoms with Gasteiger partial charge in [-0.1, -0.05) is 25.1 Å². The number of amides is 1. The number of pyridine rings is 1. The Labute approximate surface area is 153 Å². The number of primary amides is 1. The summed E-state index contributed by atoms with van der Waals surface area (Å²) in [6, 6.07) is 17.6. The lowest BCUT2D eigenvalue weighted by atomic mass is 10.0. The zero-order valence-corrected chi connectivity index (χ0v) is 15.0. The summed E-state index contributed by atoms with van der Waals surface area (Å²) in [6.07, 6.45) is 2.76. The Hall–Kier alpha value is -3.14. The molecule has 1 heterocycles. The Kier molecular flexibility index (Phi) is 5.32. The summed E-state index contributed by atoms with van der Waals surface area (Å²) in [5.74, 6) is 0.447. The predicted molar refractivity (Wildman–Crippen MR) is 103 cm³/mol. The van der Waals surface area contributed by atoms with Gasteiger partial charge in [0.1, 0.15) is 12.4 Å². The van der Waals surface area contributed by atoms with E-state index in [9.17, 15) is 4.79 Å². The van der Waals surface area contributed by atoms with Gasteiger partial charge in [0.15, 0.2) is 0 Å². The average molecular weight is 346 g/mol. The molecule has 0 bridgehead atoms. The molecular weight excluding hydrogens is 324 g/mol. The molecule has 0 atom stereocenters. The summed E-state index contributed by atoms with van der Waals surface area (Å²) in [5, 5.41) is 0. The summed E-state index contributed by atoms with van der Waals surface area (Å²) >= 11 is 0. The van der Waals surface area contributed by atoms with Crippen molar-refractivity contribution in [2.24, 2.45) is 5.73 Å². The van der Waals surface area contributed by atoms with Gasteiger partial charge < -0.3 is 10.5 Å². The van der Waals surface area contributed by atoms with E-state index in [0.29, 0.717) is 12.2 Å². The fourth-order valence-corrected chi connectivity index (χ4v) is 2.84. The van der Waals surface area contributed by atoms with Crippen molar-refractivity contribution in [3.8, 4) is 17.0 Å². The second kappa shape index (κ2) is 7.83. The zero-order chi connectivity index (χ0) is 18.5. The molecule has 0 saturated carbocycles. The molecule has 1 aromatic heterocycles. The lowest BCUT2D eigenvalue weighted by Gasteiger charge is -2.10. The molecule has 0 radical (unpaired) electrons. The van der Waals surface area contributed by atoms with Crippen molar-refractivity contribution in [2.45, 2.75) is 26.9 Å². The van der Waals surface area contributed by atoms with Gasteiger partial charge in [-0.3, -0.25) is 9.78 Å². The molecular formula is C22H22N2O2. The second-order valence-corrected chi connectivity index (χ2v) is 6.23. The number of aromatic nitrogens is 1. The first-order chi connectivity index (χ1) is 12.6. The van der Waals surface area contributed by atoms with E-state index in [4.69, 9.17) is 10.5 Å². The van der Waals surface area contributed by atoms with Crippen molar-refractivity contribution in [2.75, 3.05) is 0 Å². The SMILES string of the molecule is CCc1cccc(OCc2ccnc(-c3ccc(C(N)=O)c(C)c3)c2)c1. The molecule has 0 unspecified atom stereocenters. The van der Waals surface area contributed by atoms with Crippen molar-refractivity contribution >= 4 is 5.91 Å². The number of nitrogens with two attached hydrogens (primary N) is 1. The first kappa shape index (κ1) is 17.7. The van der Waals surface area contributed by atoms with Crippen LogP contribution in [0.25, 0.3) is 11.3 Å². The maximum absolute atomic E-state index is 11.4. The van der Waals surface area contributed by atoms with Crippen LogP contribution in [0.15, 0.2) is 60.8 Å². The minimum atomic E-state index is -0.418. The van der Waals surface area contributed by atoms with E-state index in [1.807, 2.05) is 43.3 Å². The number of nitrogens with zero attached hydrogens (tertiary/aromatic N) is 1. The van der Waals surface area contributed by atoms with Crippen LogP contribution in [0, 0.1) is 6.92 Å². The van der Waals surface area contributed by atoms with Crippen LogP contribution >= 0.6 is 0 Å². The highest BCUT2D eigenvalue weighted by Gasteiger charge is 2.08. The van der Waals surface area contributed by atoms with Crippen LogP contribution in [0.2, 0.25) is 0 Å². The van der Waals surface area contributed by atoms with Crippen molar-refractivity contribution in [1.82, 2.24) is 4.98 Å². The van der Waals surface area contributed by atoms with E-state index < -0.39 is 5.91 Å². The molecule has 0 saturated heterocycles. The van der Waals surface area contributed by atoms with Crippen LogP contribution in [0.5, 0.6) is 5.75 Å². The Morgan fingerprint density at radius 3 is 2.65 bits per heavy atom. The van der Waals surface area contributed by atoms with E-state index >= 15 is 0 Å². The van der Waals surface area contributed by atoms with Gasteiger partial charge in [-0.25, -0.2) is 0 Å².